The fraction of sp³-hybridized carbons (Fsp3) is 1.00. The van der Waals surface area contributed by atoms with Crippen LogP contribution in [0.4, 0.5) is 0 Å². The Morgan fingerprint density at radius 3 is 1.25 bits per heavy atom. The van der Waals surface area contributed by atoms with Crippen LogP contribution in [0.25, 0.3) is 0 Å². The normalized spacial score (nSPS) is 8.25. The van der Waals surface area contributed by atoms with Gasteiger partial charge in [-0.1, -0.05) is 77.2 Å². The zero-order chi connectivity index (χ0) is 5.70. The maximum atomic E-state index is 2.31. The predicted octanol–water partition coefficient (Wildman–Crippen LogP) is 6.01. The van der Waals surface area contributed by atoms with E-state index in [9.17, 15) is 0 Å². The second-order valence-electron chi connectivity index (χ2n) is 2.30. The summed E-state index contributed by atoms with van der Waals surface area (Å²) in [6.45, 7) is 6.80. The van der Waals surface area contributed by atoms with E-state index in [-0.39, 0.29) is 37.1 Å². The van der Waals surface area contributed by atoms with Crippen LogP contribution in [-0.4, -0.2) is 0 Å². The standard InChI is InChI=1S/C7H16.5CH4/c1-4-6-7(3)5-2;;;;;/h7H,4-6H2,1-3H3;5*1H4. The largest absolute Gasteiger partial charge is 0.0776 e. The Balaban J connectivity index is -0.0000000180. The Morgan fingerprint density at radius 1 is 0.833 bits per heavy atom. The molecule has 1 unspecified atom stereocenters. The molecule has 0 N–H and O–H groups in total. The lowest BCUT2D eigenvalue weighted by Crippen LogP contribution is -1.88. The van der Waals surface area contributed by atoms with Crippen LogP contribution < -0.4 is 0 Å². The first-order chi connectivity index (χ1) is 3.31. The molecule has 1 atom stereocenters. The van der Waals surface area contributed by atoms with E-state index >= 15 is 0 Å². The summed E-state index contributed by atoms with van der Waals surface area (Å²) in [5.41, 5.74) is 0. The molecule has 0 radical (unpaired) electrons. The summed E-state index contributed by atoms with van der Waals surface area (Å²) in [7, 11) is 0. The molecule has 0 saturated carbocycles. The van der Waals surface area contributed by atoms with Gasteiger partial charge in [0.05, 0.1) is 0 Å². The van der Waals surface area contributed by atoms with Crippen molar-refractivity contribution in [3.05, 3.63) is 0 Å². The van der Waals surface area contributed by atoms with Crippen LogP contribution >= 0.6 is 0 Å². The van der Waals surface area contributed by atoms with Gasteiger partial charge in [0.15, 0.2) is 0 Å². The fourth-order valence-electron chi connectivity index (χ4n) is 0.697. The Labute approximate surface area is 83.8 Å². The van der Waals surface area contributed by atoms with Gasteiger partial charge in [-0.2, -0.15) is 0 Å². The zero-order valence-corrected chi connectivity index (χ0v) is 5.70. The molecule has 0 amide bonds. The molecule has 0 fully saturated rings. The molecular formula is C12H36. The van der Waals surface area contributed by atoms with Crippen molar-refractivity contribution in [3.63, 3.8) is 0 Å². The van der Waals surface area contributed by atoms with Gasteiger partial charge >= 0.3 is 0 Å². The molecular weight excluding hydrogens is 144 g/mol. The maximum absolute atomic E-state index is 2.31. The Bertz CT molecular complexity index is 31.0. The van der Waals surface area contributed by atoms with Gasteiger partial charge in [0.25, 0.3) is 0 Å². The molecule has 0 rings (SSSR count). The molecule has 12 heavy (non-hydrogen) atoms. The molecule has 0 aromatic heterocycles. The van der Waals surface area contributed by atoms with E-state index in [1.807, 2.05) is 0 Å². The highest BCUT2D eigenvalue weighted by atomic mass is 14.0. The minimum atomic E-state index is 0. The van der Waals surface area contributed by atoms with Crippen LogP contribution in [0.1, 0.15) is 77.2 Å². The SMILES string of the molecule is C.C.C.C.C.CCCC(C)CC. The molecule has 0 heteroatoms. The molecule has 0 bridgehead atoms. The fourth-order valence-corrected chi connectivity index (χ4v) is 0.697. The monoisotopic (exact) mass is 180 g/mol. The van der Waals surface area contributed by atoms with E-state index in [4.69, 9.17) is 0 Å². The second-order valence-corrected chi connectivity index (χ2v) is 2.30. The Kier molecular flexibility index (Phi) is 103. The van der Waals surface area contributed by atoms with Crippen molar-refractivity contribution < 1.29 is 0 Å². The molecule has 0 heterocycles. The summed E-state index contributed by atoms with van der Waals surface area (Å²) in [4.78, 5) is 0. The van der Waals surface area contributed by atoms with Gasteiger partial charge < -0.3 is 0 Å². The van der Waals surface area contributed by atoms with Crippen molar-refractivity contribution >= 4 is 0 Å². The molecule has 0 nitrogen and oxygen atoms in total. The van der Waals surface area contributed by atoms with Crippen molar-refractivity contribution in [2.24, 2.45) is 5.92 Å². The van der Waals surface area contributed by atoms with Crippen molar-refractivity contribution in [2.45, 2.75) is 77.2 Å². The van der Waals surface area contributed by atoms with Crippen LogP contribution in [0.3, 0.4) is 0 Å². The predicted molar refractivity (Wildman–Crippen MR) is 68.0 cm³/mol. The van der Waals surface area contributed by atoms with E-state index in [0.717, 1.165) is 5.92 Å². The van der Waals surface area contributed by atoms with Crippen molar-refractivity contribution in [1.82, 2.24) is 0 Å². The first-order valence-corrected chi connectivity index (χ1v) is 3.31. The number of rotatable bonds is 3. The van der Waals surface area contributed by atoms with Crippen molar-refractivity contribution in [2.75, 3.05) is 0 Å². The summed E-state index contributed by atoms with van der Waals surface area (Å²) < 4.78 is 0. The van der Waals surface area contributed by atoms with Gasteiger partial charge in [-0.05, 0) is 5.92 Å². The highest BCUT2D eigenvalue weighted by Gasteiger charge is 1.92. The zero-order valence-electron chi connectivity index (χ0n) is 5.70. The molecule has 0 aliphatic rings. The van der Waals surface area contributed by atoms with E-state index in [0.29, 0.717) is 0 Å². The van der Waals surface area contributed by atoms with Crippen molar-refractivity contribution in [1.29, 1.82) is 0 Å². The minimum Gasteiger partial charge on any atom is -0.0776 e. The van der Waals surface area contributed by atoms with E-state index < -0.39 is 0 Å². The summed E-state index contributed by atoms with van der Waals surface area (Å²) >= 11 is 0. The lowest BCUT2D eigenvalue weighted by molar-refractivity contribution is 0.509. The minimum absolute atomic E-state index is 0. The smallest absolute Gasteiger partial charge is 0.0446 e. The van der Waals surface area contributed by atoms with E-state index in [1.165, 1.54) is 19.3 Å². The molecule has 0 aromatic rings. The molecule has 0 aliphatic heterocycles. The van der Waals surface area contributed by atoms with E-state index in [1.54, 1.807) is 0 Å². The highest BCUT2D eigenvalue weighted by Crippen LogP contribution is 2.07. The molecule has 0 aliphatic carbocycles. The Morgan fingerprint density at radius 2 is 1.17 bits per heavy atom. The van der Waals surface area contributed by atoms with Gasteiger partial charge in [-0.3, -0.25) is 0 Å². The highest BCUT2D eigenvalue weighted by molar-refractivity contribution is 4.45. The number of hydrogen-bond donors (Lipinski definition) is 0. The van der Waals surface area contributed by atoms with E-state index in [2.05, 4.69) is 20.8 Å². The topological polar surface area (TPSA) is 0 Å². The molecule has 84 valence electrons. The Hall–Kier alpha value is 0. The summed E-state index contributed by atoms with van der Waals surface area (Å²) in [6.07, 6.45) is 4.08. The quantitative estimate of drug-likeness (QED) is 0.498. The summed E-state index contributed by atoms with van der Waals surface area (Å²) in [6, 6.07) is 0. The van der Waals surface area contributed by atoms with Crippen molar-refractivity contribution in [3.8, 4) is 0 Å². The molecule has 0 saturated heterocycles. The van der Waals surface area contributed by atoms with Gasteiger partial charge in [-0.15, -0.1) is 0 Å². The molecule has 0 aromatic carbocycles. The second kappa shape index (κ2) is 30.6. The van der Waals surface area contributed by atoms with Gasteiger partial charge in [-0.25, -0.2) is 0 Å². The maximum Gasteiger partial charge on any atom is -0.0446 e. The van der Waals surface area contributed by atoms with Gasteiger partial charge in [0, 0.05) is 0 Å². The van der Waals surface area contributed by atoms with Crippen LogP contribution in [0.15, 0.2) is 0 Å². The third-order valence-electron chi connectivity index (χ3n) is 1.48. The number of hydrogen-bond acceptors (Lipinski definition) is 0. The van der Waals surface area contributed by atoms with Gasteiger partial charge in [0.2, 0.25) is 0 Å². The third kappa shape index (κ3) is 32.4. The first-order valence-electron chi connectivity index (χ1n) is 3.31. The van der Waals surface area contributed by atoms with Gasteiger partial charge in [0.1, 0.15) is 0 Å². The first kappa shape index (κ1) is 40.3. The molecule has 0 spiro atoms. The van der Waals surface area contributed by atoms with Crippen LogP contribution in [0.2, 0.25) is 0 Å². The lowest BCUT2D eigenvalue weighted by atomic mass is 10.0. The summed E-state index contributed by atoms with van der Waals surface area (Å²) in [5, 5.41) is 0. The summed E-state index contributed by atoms with van der Waals surface area (Å²) in [5.74, 6) is 0.949. The average molecular weight is 180 g/mol. The average Bonchev–Trinajstić information content (AvgIpc) is 1.68. The third-order valence-corrected chi connectivity index (χ3v) is 1.48. The van der Waals surface area contributed by atoms with Crippen LogP contribution in [0, 0.1) is 5.92 Å². The van der Waals surface area contributed by atoms with Crippen LogP contribution in [-0.2, 0) is 0 Å². The lowest BCUT2D eigenvalue weighted by Gasteiger charge is -2.02. The van der Waals surface area contributed by atoms with Crippen LogP contribution in [0.5, 0.6) is 0 Å².